The molecule has 0 spiro atoms. The molecule has 22 heavy (non-hydrogen) atoms. The third kappa shape index (κ3) is 3.16. The quantitative estimate of drug-likeness (QED) is 0.849. The lowest BCUT2D eigenvalue weighted by Gasteiger charge is -2.30. The summed E-state index contributed by atoms with van der Waals surface area (Å²) in [6.07, 6.45) is 2.96. The molecule has 3 heterocycles. The van der Waals surface area contributed by atoms with E-state index < -0.39 is 5.76 Å². The molecule has 2 aromatic heterocycles. The molecular weight excluding hydrogens is 288 g/mol. The average Bonchev–Trinajstić information content (AvgIpc) is 2.96. The lowest BCUT2D eigenvalue weighted by atomic mass is 9.96. The first kappa shape index (κ1) is 14.3. The van der Waals surface area contributed by atoms with Crippen molar-refractivity contribution in [3.8, 4) is 5.75 Å². The van der Waals surface area contributed by atoms with Crippen molar-refractivity contribution in [2.45, 2.75) is 25.2 Å². The molecule has 0 atom stereocenters. The molecule has 0 aromatic carbocycles. The van der Waals surface area contributed by atoms with Crippen molar-refractivity contribution in [3.05, 3.63) is 40.5 Å². The SMILES string of the molecule is O=C(Cc1ccc(O)cn1)N1CCC(c2n[nH]c(=O)o2)CC1. The van der Waals surface area contributed by atoms with Crippen LogP contribution >= 0.6 is 0 Å². The van der Waals surface area contributed by atoms with E-state index in [0.717, 1.165) is 0 Å². The monoisotopic (exact) mass is 304 g/mol. The van der Waals surface area contributed by atoms with Gasteiger partial charge in [0.15, 0.2) is 0 Å². The smallest absolute Gasteiger partial charge is 0.434 e. The zero-order valence-electron chi connectivity index (χ0n) is 11.9. The van der Waals surface area contributed by atoms with E-state index in [1.807, 2.05) is 0 Å². The summed E-state index contributed by atoms with van der Waals surface area (Å²) in [5.41, 5.74) is 0.628. The maximum absolute atomic E-state index is 12.2. The van der Waals surface area contributed by atoms with Crippen LogP contribution in [-0.2, 0) is 11.2 Å². The van der Waals surface area contributed by atoms with Crippen LogP contribution in [0.1, 0.15) is 30.3 Å². The van der Waals surface area contributed by atoms with Gasteiger partial charge >= 0.3 is 5.76 Å². The van der Waals surface area contributed by atoms with E-state index in [-0.39, 0.29) is 24.0 Å². The first-order chi connectivity index (χ1) is 10.6. The number of carbonyl (C=O) groups excluding carboxylic acids is 1. The molecule has 8 nitrogen and oxygen atoms in total. The Morgan fingerprint density at radius 2 is 2.18 bits per heavy atom. The topological polar surface area (TPSA) is 112 Å². The molecule has 3 rings (SSSR count). The second-order valence-corrected chi connectivity index (χ2v) is 5.29. The first-order valence-electron chi connectivity index (χ1n) is 7.09. The minimum Gasteiger partial charge on any atom is -0.506 e. The molecule has 0 radical (unpaired) electrons. The van der Waals surface area contributed by atoms with E-state index in [4.69, 9.17) is 4.42 Å². The van der Waals surface area contributed by atoms with Gasteiger partial charge in [-0.15, -0.1) is 5.10 Å². The average molecular weight is 304 g/mol. The highest BCUT2D eigenvalue weighted by Gasteiger charge is 2.27. The minimum atomic E-state index is -0.549. The number of amides is 1. The van der Waals surface area contributed by atoms with Crippen LogP contribution in [0.4, 0.5) is 0 Å². The number of likely N-dealkylation sites (tertiary alicyclic amines) is 1. The number of rotatable bonds is 3. The number of nitrogens with one attached hydrogen (secondary N) is 1. The van der Waals surface area contributed by atoms with Crippen LogP contribution in [0.15, 0.2) is 27.5 Å². The van der Waals surface area contributed by atoms with Gasteiger partial charge in [0.25, 0.3) is 0 Å². The van der Waals surface area contributed by atoms with E-state index >= 15 is 0 Å². The fraction of sp³-hybridized carbons (Fsp3) is 0.429. The number of aromatic nitrogens is 3. The lowest BCUT2D eigenvalue weighted by molar-refractivity contribution is -0.131. The molecule has 1 aliphatic heterocycles. The van der Waals surface area contributed by atoms with E-state index in [1.54, 1.807) is 11.0 Å². The Morgan fingerprint density at radius 1 is 1.41 bits per heavy atom. The lowest BCUT2D eigenvalue weighted by Crippen LogP contribution is -2.39. The van der Waals surface area contributed by atoms with Gasteiger partial charge in [0.2, 0.25) is 11.8 Å². The van der Waals surface area contributed by atoms with E-state index in [0.29, 0.717) is 37.5 Å². The van der Waals surface area contributed by atoms with Crippen LogP contribution < -0.4 is 5.76 Å². The Bertz CT molecular complexity index is 698. The first-order valence-corrected chi connectivity index (χ1v) is 7.09. The van der Waals surface area contributed by atoms with Crippen molar-refractivity contribution in [1.82, 2.24) is 20.1 Å². The molecule has 1 fully saturated rings. The van der Waals surface area contributed by atoms with Gasteiger partial charge < -0.3 is 14.4 Å². The van der Waals surface area contributed by atoms with Gasteiger partial charge in [0.05, 0.1) is 12.6 Å². The fourth-order valence-corrected chi connectivity index (χ4v) is 2.58. The number of carbonyl (C=O) groups is 1. The molecule has 0 bridgehead atoms. The second-order valence-electron chi connectivity index (χ2n) is 5.29. The van der Waals surface area contributed by atoms with Crippen LogP contribution in [0, 0.1) is 0 Å². The number of nitrogens with zero attached hydrogens (tertiary/aromatic N) is 3. The molecule has 2 aromatic rings. The maximum atomic E-state index is 12.2. The molecule has 0 saturated carbocycles. The third-order valence-electron chi connectivity index (χ3n) is 3.79. The summed E-state index contributed by atoms with van der Waals surface area (Å²) in [5.74, 6) is 0.0108. The summed E-state index contributed by atoms with van der Waals surface area (Å²) in [6, 6.07) is 3.15. The predicted molar refractivity (Wildman–Crippen MR) is 75.3 cm³/mol. The van der Waals surface area contributed by atoms with E-state index in [2.05, 4.69) is 15.2 Å². The summed E-state index contributed by atoms with van der Waals surface area (Å²) < 4.78 is 4.97. The minimum absolute atomic E-state index is 0.000111. The number of aromatic hydroxyl groups is 1. The zero-order valence-corrected chi connectivity index (χ0v) is 11.9. The molecule has 8 heteroatoms. The summed E-state index contributed by atoms with van der Waals surface area (Å²) in [4.78, 5) is 29.0. The van der Waals surface area contributed by atoms with Gasteiger partial charge in [0.1, 0.15) is 5.75 Å². The number of pyridine rings is 1. The summed E-state index contributed by atoms with van der Waals surface area (Å²) in [6.45, 7) is 1.19. The number of hydrogen-bond donors (Lipinski definition) is 2. The Hall–Kier alpha value is -2.64. The number of H-pyrrole nitrogens is 1. The number of hydrogen-bond acceptors (Lipinski definition) is 6. The molecule has 0 unspecified atom stereocenters. The Kier molecular flexibility index (Phi) is 3.90. The summed E-state index contributed by atoms with van der Waals surface area (Å²) >= 11 is 0. The van der Waals surface area contributed by atoms with Gasteiger partial charge in [-0.2, -0.15) is 0 Å². The largest absolute Gasteiger partial charge is 0.506 e. The summed E-state index contributed by atoms with van der Waals surface area (Å²) in [7, 11) is 0. The Balaban J connectivity index is 1.55. The van der Waals surface area contributed by atoms with E-state index in [9.17, 15) is 14.7 Å². The van der Waals surface area contributed by atoms with Crippen molar-refractivity contribution in [2.75, 3.05) is 13.1 Å². The Morgan fingerprint density at radius 3 is 2.77 bits per heavy atom. The highest BCUT2D eigenvalue weighted by atomic mass is 16.4. The molecule has 116 valence electrons. The molecular formula is C14H16N4O4. The van der Waals surface area contributed by atoms with Gasteiger partial charge in [-0.1, -0.05) is 0 Å². The predicted octanol–water partition coefficient (Wildman–Crippen LogP) is 0.412. The van der Waals surface area contributed by atoms with Crippen LogP contribution in [0.25, 0.3) is 0 Å². The molecule has 2 N–H and O–H groups in total. The van der Waals surface area contributed by atoms with Crippen LogP contribution in [0.3, 0.4) is 0 Å². The standard InChI is InChI=1S/C14H16N4O4/c19-11-2-1-10(15-8-11)7-12(20)18-5-3-9(4-6-18)13-16-17-14(21)22-13/h1-2,8-9,19H,3-7H2,(H,17,21). The van der Waals surface area contributed by atoms with Crippen molar-refractivity contribution in [1.29, 1.82) is 0 Å². The van der Waals surface area contributed by atoms with Crippen molar-refractivity contribution >= 4 is 5.91 Å². The van der Waals surface area contributed by atoms with Gasteiger partial charge in [0, 0.05) is 24.7 Å². The molecule has 1 saturated heterocycles. The third-order valence-corrected chi connectivity index (χ3v) is 3.79. The van der Waals surface area contributed by atoms with Crippen molar-refractivity contribution < 1.29 is 14.3 Å². The van der Waals surface area contributed by atoms with Crippen LogP contribution in [0.5, 0.6) is 5.75 Å². The zero-order chi connectivity index (χ0) is 15.5. The highest BCUT2D eigenvalue weighted by molar-refractivity contribution is 5.78. The number of aromatic amines is 1. The maximum Gasteiger partial charge on any atom is 0.434 e. The van der Waals surface area contributed by atoms with Gasteiger partial charge in [-0.3, -0.25) is 9.78 Å². The van der Waals surface area contributed by atoms with Crippen molar-refractivity contribution in [3.63, 3.8) is 0 Å². The Labute approximate surface area is 125 Å². The normalized spacial score (nSPS) is 15.9. The second kappa shape index (κ2) is 6.00. The fourth-order valence-electron chi connectivity index (χ4n) is 2.58. The van der Waals surface area contributed by atoms with E-state index in [1.165, 1.54) is 12.3 Å². The van der Waals surface area contributed by atoms with Crippen LogP contribution in [0.2, 0.25) is 0 Å². The van der Waals surface area contributed by atoms with Crippen molar-refractivity contribution in [2.24, 2.45) is 0 Å². The number of piperidine rings is 1. The molecule has 0 aliphatic carbocycles. The van der Waals surface area contributed by atoms with Gasteiger partial charge in [-0.05, 0) is 25.0 Å². The highest BCUT2D eigenvalue weighted by Crippen LogP contribution is 2.25. The molecule has 1 amide bonds. The van der Waals surface area contributed by atoms with Crippen LogP contribution in [-0.4, -0.2) is 44.2 Å². The summed E-state index contributed by atoms with van der Waals surface area (Å²) in [5, 5.41) is 15.3. The van der Waals surface area contributed by atoms with Gasteiger partial charge in [-0.25, -0.2) is 9.89 Å². The molecule has 1 aliphatic rings.